The van der Waals surface area contributed by atoms with E-state index < -0.39 is 43.3 Å². The smallest absolute Gasteiger partial charge is 0.133 e. The lowest BCUT2D eigenvalue weighted by atomic mass is 10.2. The van der Waals surface area contributed by atoms with Crippen molar-refractivity contribution in [1.82, 2.24) is 0 Å². The van der Waals surface area contributed by atoms with Gasteiger partial charge in [-0.1, -0.05) is 6.04 Å². The average molecular weight is 210 g/mol. The first-order valence-corrected chi connectivity index (χ1v) is 3.14. The normalized spacial score (nSPS) is 25.1. The highest BCUT2D eigenvalue weighted by molar-refractivity contribution is 9.10. The van der Waals surface area contributed by atoms with Gasteiger partial charge in [0.25, 0.3) is 0 Å². The SMILES string of the molecule is [2H]c1c([2H])c(C([2H])([2H])[2H])c([2H])c(OC([2H])([2H])[2H])c1Br. The summed E-state index contributed by atoms with van der Waals surface area (Å²) >= 11 is 2.85. The van der Waals surface area contributed by atoms with E-state index in [2.05, 4.69) is 20.7 Å². The van der Waals surface area contributed by atoms with Crippen LogP contribution < -0.4 is 4.74 Å². The van der Waals surface area contributed by atoms with E-state index in [-0.39, 0.29) is 4.47 Å². The molecule has 0 aliphatic carbocycles. The van der Waals surface area contributed by atoms with Gasteiger partial charge >= 0.3 is 0 Å². The highest BCUT2D eigenvalue weighted by Crippen LogP contribution is 2.24. The van der Waals surface area contributed by atoms with Gasteiger partial charge in [-0.15, -0.1) is 0 Å². The van der Waals surface area contributed by atoms with Crippen LogP contribution in [0.3, 0.4) is 0 Å². The van der Waals surface area contributed by atoms with Gasteiger partial charge in [-0.3, -0.25) is 0 Å². The molecule has 0 unspecified atom stereocenters. The summed E-state index contributed by atoms with van der Waals surface area (Å²) in [6.45, 7) is -2.81. The summed E-state index contributed by atoms with van der Waals surface area (Å²) in [7, 11) is -2.89. The summed E-state index contributed by atoms with van der Waals surface area (Å²) in [4.78, 5) is 0. The molecule has 0 radical (unpaired) electrons. The van der Waals surface area contributed by atoms with Crippen molar-refractivity contribution in [2.24, 2.45) is 0 Å². The fourth-order valence-corrected chi connectivity index (χ4v) is 0.723. The van der Waals surface area contributed by atoms with Crippen LogP contribution in [0.2, 0.25) is 0 Å². The number of rotatable bonds is 1. The molecule has 0 fully saturated rings. The van der Waals surface area contributed by atoms with Crippen LogP contribution in [0.1, 0.15) is 17.9 Å². The van der Waals surface area contributed by atoms with Gasteiger partial charge in [0.15, 0.2) is 0 Å². The second kappa shape index (κ2) is 3.06. The van der Waals surface area contributed by atoms with Crippen LogP contribution in [-0.2, 0) is 0 Å². The Kier molecular flexibility index (Phi) is 0.614. The van der Waals surface area contributed by atoms with Crippen LogP contribution in [0.5, 0.6) is 5.75 Å². The molecule has 54 valence electrons. The fourth-order valence-electron chi connectivity index (χ4n) is 0.444. The van der Waals surface area contributed by atoms with Crippen molar-refractivity contribution >= 4 is 15.9 Å². The van der Waals surface area contributed by atoms with Crippen LogP contribution in [-0.4, -0.2) is 7.04 Å². The first-order chi connectivity index (χ1) is 8.36. The van der Waals surface area contributed by atoms with Crippen LogP contribution in [0.15, 0.2) is 22.6 Å². The maximum Gasteiger partial charge on any atom is 0.133 e. The predicted molar refractivity (Wildman–Crippen MR) is 45.4 cm³/mol. The molecule has 0 saturated heterocycles. The van der Waals surface area contributed by atoms with Crippen LogP contribution in [0.4, 0.5) is 0 Å². The zero-order valence-corrected chi connectivity index (χ0v) is 6.37. The minimum Gasteiger partial charge on any atom is -0.496 e. The van der Waals surface area contributed by atoms with E-state index in [1.807, 2.05) is 0 Å². The van der Waals surface area contributed by atoms with E-state index in [0.29, 0.717) is 0 Å². The molecule has 0 atom stereocenters. The minimum absolute atomic E-state index is 0.230. The molecule has 0 bridgehead atoms. The molecule has 0 saturated carbocycles. The largest absolute Gasteiger partial charge is 0.496 e. The summed E-state index contributed by atoms with van der Waals surface area (Å²) in [6, 6.07) is -1.93. The van der Waals surface area contributed by atoms with Crippen molar-refractivity contribution in [2.45, 2.75) is 6.85 Å². The molecule has 0 spiro atoms. The Morgan fingerprint density at radius 2 is 2.60 bits per heavy atom. The van der Waals surface area contributed by atoms with E-state index in [9.17, 15) is 0 Å². The number of methoxy groups -OCH3 is 1. The Morgan fingerprint density at radius 1 is 1.70 bits per heavy atom. The fraction of sp³-hybridized carbons (Fsp3) is 0.250. The number of halogens is 1. The van der Waals surface area contributed by atoms with Gasteiger partial charge in [0.2, 0.25) is 0 Å². The monoisotopic (exact) mass is 209 g/mol. The molecule has 10 heavy (non-hydrogen) atoms. The van der Waals surface area contributed by atoms with Crippen molar-refractivity contribution in [3.8, 4) is 5.75 Å². The van der Waals surface area contributed by atoms with Crippen LogP contribution in [0, 0.1) is 6.85 Å². The third-order valence-electron chi connectivity index (χ3n) is 0.837. The zero-order chi connectivity index (χ0) is 15.2. The molecular weight excluding hydrogens is 192 g/mol. The number of benzene rings is 1. The Bertz CT molecular complexity index is 505. The predicted octanol–water partition coefficient (Wildman–Crippen LogP) is 2.77. The van der Waals surface area contributed by atoms with E-state index in [0.717, 1.165) is 0 Å². The topological polar surface area (TPSA) is 9.23 Å². The summed E-state index contributed by atoms with van der Waals surface area (Å²) in [5.74, 6) is -0.577. The van der Waals surface area contributed by atoms with Gasteiger partial charge in [-0.2, -0.15) is 0 Å². The summed E-state index contributed by atoms with van der Waals surface area (Å²) in [5.41, 5.74) is -0.708. The second-order valence-electron chi connectivity index (χ2n) is 1.50. The van der Waals surface area contributed by atoms with Gasteiger partial charge in [0.1, 0.15) is 5.75 Å². The lowest BCUT2D eigenvalue weighted by Crippen LogP contribution is -1.84. The first-order valence-electron chi connectivity index (χ1n) is 6.85. The van der Waals surface area contributed by atoms with Gasteiger partial charge in [0.05, 0.1) is 19.7 Å². The molecule has 2 heteroatoms. The third-order valence-corrected chi connectivity index (χ3v) is 1.40. The lowest BCUT2D eigenvalue weighted by molar-refractivity contribution is 0.412. The van der Waals surface area contributed by atoms with Crippen molar-refractivity contribution in [3.05, 3.63) is 28.2 Å². The molecule has 0 heterocycles. The third kappa shape index (κ3) is 1.51. The highest BCUT2D eigenvalue weighted by Gasteiger charge is 1.96. The van der Waals surface area contributed by atoms with E-state index in [4.69, 9.17) is 12.3 Å². The molecule has 1 nitrogen and oxygen atoms in total. The Hall–Kier alpha value is -0.500. The summed E-state index contributed by atoms with van der Waals surface area (Å²) < 4.78 is 69.8. The number of hydrogen-bond donors (Lipinski definition) is 0. The van der Waals surface area contributed by atoms with Gasteiger partial charge < -0.3 is 4.74 Å². The Morgan fingerprint density at radius 3 is 3.30 bits per heavy atom. The van der Waals surface area contributed by atoms with E-state index >= 15 is 0 Å². The summed E-state index contributed by atoms with van der Waals surface area (Å²) in [5, 5.41) is 0. The molecule has 1 aromatic carbocycles. The maximum atomic E-state index is 7.69. The van der Waals surface area contributed by atoms with Crippen molar-refractivity contribution in [1.29, 1.82) is 0 Å². The number of hydrogen-bond acceptors (Lipinski definition) is 1. The highest BCUT2D eigenvalue weighted by atomic mass is 79.9. The van der Waals surface area contributed by atoms with Crippen molar-refractivity contribution < 1.29 is 17.1 Å². The molecule has 0 amide bonds. The van der Waals surface area contributed by atoms with Gasteiger partial charge in [-0.05, 0) is 40.4 Å². The molecule has 0 N–H and O–H groups in total. The maximum absolute atomic E-state index is 7.69. The van der Waals surface area contributed by atoms with E-state index in [1.54, 1.807) is 0 Å². The molecule has 0 aliphatic heterocycles. The van der Waals surface area contributed by atoms with E-state index in [1.165, 1.54) is 0 Å². The molecule has 0 aromatic heterocycles. The lowest BCUT2D eigenvalue weighted by Gasteiger charge is -2.02. The quantitative estimate of drug-likeness (QED) is 0.692. The molecule has 1 aromatic rings. The minimum atomic E-state index is -2.89. The van der Waals surface area contributed by atoms with Crippen LogP contribution in [0.25, 0.3) is 0 Å². The summed E-state index contributed by atoms with van der Waals surface area (Å²) in [6.07, 6.45) is 0. The zero-order valence-electron chi connectivity index (χ0n) is 13.8. The van der Waals surface area contributed by atoms with Crippen molar-refractivity contribution in [2.75, 3.05) is 7.04 Å². The van der Waals surface area contributed by atoms with Gasteiger partial charge in [0, 0.05) is 4.11 Å². The first kappa shape index (κ1) is 2.01. The van der Waals surface area contributed by atoms with Crippen LogP contribution >= 0.6 is 15.9 Å². The average Bonchev–Trinajstić information content (AvgIpc) is 2.18. The molecular formula is C8H9BrO. The Labute approximate surface area is 81.8 Å². The van der Waals surface area contributed by atoms with Gasteiger partial charge in [-0.25, -0.2) is 0 Å². The van der Waals surface area contributed by atoms with Crippen molar-refractivity contribution in [3.63, 3.8) is 0 Å². The molecule has 0 aliphatic rings. The number of ether oxygens (including phenoxy) is 1. The molecule has 1 rings (SSSR count). The second-order valence-corrected chi connectivity index (χ2v) is 2.29. The standard InChI is InChI=1S/C8H9BrO/c1-6-3-4-7(9)8(5-6)10-2/h3-5H,1-2H3/i1D3,2D3,3D,4D,5D. The Balaban J connectivity index is 3.62.